The van der Waals surface area contributed by atoms with Crippen molar-refractivity contribution in [1.82, 2.24) is 19.9 Å². The van der Waals surface area contributed by atoms with Gasteiger partial charge in [0.05, 0.1) is 27.1 Å². The van der Waals surface area contributed by atoms with Gasteiger partial charge in [-0.15, -0.1) is 11.3 Å². The summed E-state index contributed by atoms with van der Waals surface area (Å²) in [4.78, 5) is 18.0. The second kappa shape index (κ2) is 5.75. The second-order valence-corrected chi connectivity index (χ2v) is 7.23. The standard InChI is InChI=1S/C13H13ClN4OS2/c1-3-11-17-18-8(7(2)16-13(18)21-11)6-15-12(19)9-4-5-10(14)20-9/h4-5H,3,6H2,1-2H3,(H,15,19). The fourth-order valence-corrected chi connectivity index (χ4v) is 3.82. The number of nitrogens with one attached hydrogen (secondary N) is 1. The van der Waals surface area contributed by atoms with Crippen LogP contribution in [0.2, 0.25) is 4.34 Å². The van der Waals surface area contributed by atoms with Crippen LogP contribution >= 0.6 is 34.3 Å². The SMILES string of the molecule is CCc1nn2c(CNC(=O)c3ccc(Cl)s3)c(C)nc2s1. The summed E-state index contributed by atoms with van der Waals surface area (Å²) in [5.41, 5.74) is 1.80. The molecule has 3 heterocycles. The summed E-state index contributed by atoms with van der Waals surface area (Å²) in [6.07, 6.45) is 0.882. The zero-order valence-electron chi connectivity index (χ0n) is 11.5. The Hall–Kier alpha value is -1.44. The van der Waals surface area contributed by atoms with Crippen molar-refractivity contribution in [3.8, 4) is 0 Å². The molecular formula is C13H13ClN4OS2. The summed E-state index contributed by atoms with van der Waals surface area (Å²) in [6, 6.07) is 3.44. The lowest BCUT2D eigenvalue weighted by Crippen LogP contribution is -2.23. The van der Waals surface area contributed by atoms with Gasteiger partial charge in [0.2, 0.25) is 4.96 Å². The largest absolute Gasteiger partial charge is 0.346 e. The molecular weight excluding hydrogens is 328 g/mol. The van der Waals surface area contributed by atoms with E-state index < -0.39 is 0 Å². The molecule has 0 bridgehead atoms. The van der Waals surface area contributed by atoms with Gasteiger partial charge in [0.25, 0.3) is 5.91 Å². The molecule has 3 rings (SSSR count). The van der Waals surface area contributed by atoms with Gasteiger partial charge in [-0.3, -0.25) is 4.79 Å². The molecule has 0 atom stereocenters. The van der Waals surface area contributed by atoms with Gasteiger partial charge in [-0.25, -0.2) is 9.50 Å². The molecule has 0 spiro atoms. The topological polar surface area (TPSA) is 59.3 Å². The van der Waals surface area contributed by atoms with Crippen molar-refractivity contribution in [2.75, 3.05) is 0 Å². The maximum atomic E-state index is 12.1. The molecule has 21 heavy (non-hydrogen) atoms. The van der Waals surface area contributed by atoms with E-state index in [0.29, 0.717) is 15.8 Å². The van der Waals surface area contributed by atoms with Crippen LogP contribution in [-0.4, -0.2) is 20.5 Å². The van der Waals surface area contributed by atoms with E-state index in [2.05, 4.69) is 22.3 Å². The molecule has 0 radical (unpaired) electrons. The van der Waals surface area contributed by atoms with Gasteiger partial charge in [-0.05, 0) is 25.5 Å². The number of aromatic nitrogens is 3. The van der Waals surface area contributed by atoms with E-state index >= 15 is 0 Å². The molecule has 0 saturated heterocycles. The first-order valence-corrected chi connectivity index (χ1v) is 8.47. The van der Waals surface area contributed by atoms with Crippen molar-refractivity contribution in [3.63, 3.8) is 0 Å². The number of hydrogen-bond acceptors (Lipinski definition) is 5. The Morgan fingerprint density at radius 2 is 2.24 bits per heavy atom. The molecule has 0 aliphatic heterocycles. The van der Waals surface area contributed by atoms with Crippen LogP contribution in [0.5, 0.6) is 0 Å². The number of carbonyl (C=O) groups is 1. The Morgan fingerprint density at radius 1 is 1.43 bits per heavy atom. The zero-order chi connectivity index (χ0) is 15.0. The molecule has 0 unspecified atom stereocenters. The fourth-order valence-electron chi connectivity index (χ4n) is 1.96. The van der Waals surface area contributed by atoms with Crippen molar-refractivity contribution in [2.24, 2.45) is 0 Å². The van der Waals surface area contributed by atoms with E-state index in [9.17, 15) is 4.79 Å². The molecule has 110 valence electrons. The molecule has 0 fully saturated rings. The Kier molecular flexibility index (Phi) is 3.97. The van der Waals surface area contributed by atoms with E-state index in [-0.39, 0.29) is 5.91 Å². The second-order valence-electron chi connectivity index (χ2n) is 4.47. The molecule has 0 saturated carbocycles. The summed E-state index contributed by atoms with van der Waals surface area (Å²) in [7, 11) is 0. The number of hydrogen-bond donors (Lipinski definition) is 1. The highest BCUT2D eigenvalue weighted by molar-refractivity contribution is 7.18. The molecule has 0 aliphatic rings. The number of thiophene rings is 1. The van der Waals surface area contributed by atoms with E-state index in [4.69, 9.17) is 11.6 Å². The highest BCUT2D eigenvalue weighted by atomic mass is 35.5. The van der Waals surface area contributed by atoms with Crippen LogP contribution in [0.1, 0.15) is 33.0 Å². The van der Waals surface area contributed by atoms with Crippen molar-refractivity contribution in [2.45, 2.75) is 26.8 Å². The van der Waals surface area contributed by atoms with Crippen LogP contribution in [0.3, 0.4) is 0 Å². The Balaban J connectivity index is 1.79. The van der Waals surface area contributed by atoms with Crippen LogP contribution in [0.4, 0.5) is 0 Å². The third-order valence-electron chi connectivity index (χ3n) is 3.05. The molecule has 3 aromatic heterocycles. The Bertz CT molecular complexity index is 804. The summed E-state index contributed by atoms with van der Waals surface area (Å²) in [5.74, 6) is -0.132. The van der Waals surface area contributed by atoms with E-state index in [1.807, 2.05) is 11.4 Å². The fraction of sp³-hybridized carbons (Fsp3) is 0.308. The molecule has 5 nitrogen and oxygen atoms in total. The highest BCUT2D eigenvalue weighted by Gasteiger charge is 2.15. The number of halogens is 1. The van der Waals surface area contributed by atoms with Gasteiger partial charge in [-0.1, -0.05) is 29.9 Å². The minimum absolute atomic E-state index is 0.132. The molecule has 0 aliphatic carbocycles. The highest BCUT2D eigenvalue weighted by Crippen LogP contribution is 2.22. The van der Waals surface area contributed by atoms with E-state index in [1.54, 1.807) is 23.5 Å². The number of fused-ring (bicyclic) bond motifs is 1. The molecule has 8 heteroatoms. The lowest BCUT2D eigenvalue weighted by atomic mass is 10.3. The first kappa shape index (κ1) is 14.5. The lowest BCUT2D eigenvalue weighted by molar-refractivity contribution is 0.0954. The predicted molar refractivity (Wildman–Crippen MR) is 85.5 cm³/mol. The normalized spacial score (nSPS) is 11.2. The van der Waals surface area contributed by atoms with Crippen molar-refractivity contribution in [3.05, 3.63) is 37.7 Å². The van der Waals surface area contributed by atoms with Crippen molar-refractivity contribution in [1.29, 1.82) is 0 Å². The number of amides is 1. The average Bonchev–Trinajstić information content (AvgIpc) is 3.11. The minimum Gasteiger partial charge on any atom is -0.346 e. The summed E-state index contributed by atoms with van der Waals surface area (Å²) in [5, 5.41) is 8.44. The number of imidazole rings is 1. The first-order valence-electron chi connectivity index (χ1n) is 6.46. The van der Waals surface area contributed by atoms with E-state index in [1.165, 1.54) is 11.3 Å². The molecule has 1 amide bonds. The number of carbonyl (C=O) groups excluding carboxylic acids is 1. The summed E-state index contributed by atoms with van der Waals surface area (Å²) >= 11 is 8.69. The lowest BCUT2D eigenvalue weighted by Gasteiger charge is -2.03. The maximum Gasteiger partial charge on any atom is 0.261 e. The van der Waals surface area contributed by atoms with Crippen LogP contribution in [-0.2, 0) is 13.0 Å². The van der Waals surface area contributed by atoms with Crippen LogP contribution in [0.25, 0.3) is 4.96 Å². The average molecular weight is 341 g/mol. The van der Waals surface area contributed by atoms with E-state index in [0.717, 1.165) is 27.8 Å². The molecule has 0 aromatic carbocycles. The van der Waals surface area contributed by atoms with Crippen LogP contribution < -0.4 is 5.32 Å². The number of aryl methyl sites for hydroxylation is 2. The van der Waals surface area contributed by atoms with Gasteiger partial charge in [0.1, 0.15) is 5.01 Å². The summed E-state index contributed by atoms with van der Waals surface area (Å²) < 4.78 is 2.43. The third-order valence-corrected chi connectivity index (χ3v) is 5.34. The van der Waals surface area contributed by atoms with Gasteiger partial charge >= 0.3 is 0 Å². The zero-order valence-corrected chi connectivity index (χ0v) is 13.9. The summed E-state index contributed by atoms with van der Waals surface area (Å²) in [6.45, 7) is 4.39. The predicted octanol–water partition coefficient (Wildman–Crippen LogP) is 3.31. The molecule has 1 N–H and O–H groups in total. The number of rotatable bonds is 4. The Morgan fingerprint density at radius 3 is 2.90 bits per heavy atom. The third kappa shape index (κ3) is 2.81. The minimum atomic E-state index is -0.132. The van der Waals surface area contributed by atoms with Crippen LogP contribution in [0.15, 0.2) is 12.1 Å². The van der Waals surface area contributed by atoms with Gasteiger partial charge in [-0.2, -0.15) is 5.10 Å². The quantitative estimate of drug-likeness (QED) is 0.792. The van der Waals surface area contributed by atoms with Gasteiger partial charge in [0, 0.05) is 0 Å². The maximum absolute atomic E-state index is 12.1. The van der Waals surface area contributed by atoms with Gasteiger partial charge in [0.15, 0.2) is 0 Å². The van der Waals surface area contributed by atoms with Gasteiger partial charge < -0.3 is 5.32 Å². The van der Waals surface area contributed by atoms with Crippen molar-refractivity contribution < 1.29 is 4.79 Å². The molecule has 3 aromatic rings. The van der Waals surface area contributed by atoms with Crippen LogP contribution in [0, 0.1) is 6.92 Å². The smallest absolute Gasteiger partial charge is 0.261 e. The van der Waals surface area contributed by atoms with Crippen molar-refractivity contribution >= 4 is 45.1 Å². The first-order chi connectivity index (χ1) is 10.1. The number of nitrogens with zero attached hydrogens (tertiary/aromatic N) is 3. The monoisotopic (exact) mass is 340 g/mol. The Labute approximate surface area is 134 Å².